The van der Waals surface area contributed by atoms with Crippen molar-refractivity contribution in [3.8, 4) is 17.2 Å². The van der Waals surface area contributed by atoms with Gasteiger partial charge in [-0.1, -0.05) is 78.6 Å². The van der Waals surface area contributed by atoms with E-state index >= 15 is 0 Å². The van der Waals surface area contributed by atoms with E-state index in [1.54, 1.807) is 13.0 Å². The van der Waals surface area contributed by atoms with Crippen molar-refractivity contribution in [3.05, 3.63) is 23.8 Å². The molecule has 0 aliphatic heterocycles. The number of carbonyl (C=O) groups excluding carboxylic acids is 1. The fourth-order valence-corrected chi connectivity index (χ4v) is 3.55. The summed E-state index contributed by atoms with van der Waals surface area (Å²) >= 11 is 0. The van der Waals surface area contributed by atoms with Crippen LogP contribution in [0.3, 0.4) is 0 Å². The SMILES string of the molecule is CCCCCCOc1cc(OCCCCCC)c(C=CC(=O)OCC)c(OCCCCCC)c1. The number of hydrogen-bond donors (Lipinski definition) is 0. The number of benzene rings is 1. The molecule has 0 aromatic heterocycles. The van der Waals surface area contributed by atoms with E-state index in [-0.39, 0.29) is 5.97 Å². The molecule has 0 fully saturated rings. The molecule has 0 saturated heterocycles. The lowest BCUT2D eigenvalue weighted by atomic mass is 10.1. The zero-order chi connectivity index (χ0) is 24.9. The highest BCUT2D eigenvalue weighted by Gasteiger charge is 2.14. The van der Waals surface area contributed by atoms with E-state index in [1.165, 1.54) is 51.0 Å². The summed E-state index contributed by atoms with van der Waals surface area (Å²) < 4.78 is 23.5. The first-order valence-electron chi connectivity index (χ1n) is 13.6. The molecule has 0 atom stereocenters. The van der Waals surface area contributed by atoms with Crippen LogP contribution < -0.4 is 14.2 Å². The monoisotopic (exact) mass is 476 g/mol. The lowest BCUT2D eigenvalue weighted by Gasteiger charge is -2.17. The Bertz CT molecular complexity index is 648. The lowest BCUT2D eigenvalue weighted by molar-refractivity contribution is -0.137. The second kappa shape index (κ2) is 20.2. The average molecular weight is 477 g/mol. The van der Waals surface area contributed by atoms with Crippen molar-refractivity contribution in [3.63, 3.8) is 0 Å². The van der Waals surface area contributed by atoms with Crippen LogP contribution in [0.5, 0.6) is 17.2 Å². The normalized spacial score (nSPS) is 11.1. The molecular weight excluding hydrogens is 428 g/mol. The van der Waals surface area contributed by atoms with Gasteiger partial charge in [-0.2, -0.15) is 0 Å². The predicted octanol–water partition coefficient (Wildman–Crippen LogP) is 8.14. The molecule has 0 amide bonds. The summed E-state index contributed by atoms with van der Waals surface area (Å²) in [7, 11) is 0. The van der Waals surface area contributed by atoms with Gasteiger partial charge in [0.05, 0.1) is 32.0 Å². The smallest absolute Gasteiger partial charge is 0.330 e. The third-order valence-electron chi connectivity index (χ3n) is 5.53. The van der Waals surface area contributed by atoms with Gasteiger partial charge in [0.25, 0.3) is 0 Å². The van der Waals surface area contributed by atoms with Crippen LogP contribution in [0.4, 0.5) is 0 Å². The maximum absolute atomic E-state index is 12.0. The Morgan fingerprint density at radius 2 is 1.15 bits per heavy atom. The Labute approximate surface area is 208 Å². The van der Waals surface area contributed by atoms with Crippen LogP contribution >= 0.6 is 0 Å². The summed E-state index contributed by atoms with van der Waals surface area (Å²) in [5.41, 5.74) is 0.761. The van der Waals surface area contributed by atoms with Crippen molar-refractivity contribution >= 4 is 12.0 Å². The minimum atomic E-state index is -0.374. The molecule has 1 aromatic rings. The van der Waals surface area contributed by atoms with E-state index in [4.69, 9.17) is 18.9 Å². The molecule has 0 unspecified atom stereocenters. The van der Waals surface area contributed by atoms with Gasteiger partial charge in [-0.25, -0.2) is 4.79 Å². The number of ether oxygens (including phenoxy) is 4. The number of esters is 1. The summed E-state index contributed by atoms with van der Waals surface area (Å²) in [4.78, 5) is 12.0. The van der Waals surface area contributed by atoms with Crippen molar-refractivity contribution in [2.45, 2.75) is 105 Å². The summed E-state index contributed by atoms with van der Waals surface area (Å²) in [6, 6.07) is 3.85. The molecule has 0 spiro atoms. The summed E-state index contributed by atoms with van der Waals surface area (Å²) in [5, 5.41) is 0. The molecule has 0 aliphatic rings. The molecule has 0 radical (unpaired) electrons. The number of hydrogen-bond acceptors (Lipinski definition) is 5. The fourth-order valence-electron chi connectivity index (χ4n) is 3.55. The van der Waals surface area contributed by atoms with Crippen LogP contribution in [0.1, 0.15) is 110 Å². The molecule has 0 aliphatic carbocycles. The molecule has 1 rings (SSSR count). The van der Waals surface area contributed by atoms with E-state index in [9.17, 15) is 4.79 Å². The van der Waals surface area contributed by atoms with E-state index in [0.717, 1.165) is 43.4 Å². The second-order valence-electron chi connectivity index (χ2n) is 8.65. The molecule has 0 N–H and O–H groups in total. The van der Waals surface area contributed by atoms with Gasteiger partial charge in [0, 0.05) is 18.2 Å². The van der Waals surface area contributed by atoms with Crippen LogP contribution in [0.2, 0.25) is 0 Å². The highest BCUT2D eigenvalue weighted by Crippen LogP contribution is 2.36. The molecule has 1 aromatic carbocycles. The minimum Gasteiger partial charge on any atom is -0.493 e. The predicted molar refractivity (Wildman–Crippen MR) is 141 cm³/mol. The van der Waals surface area contributed by atoms with Crippen LogP contribution in [-0.2, 0) is 9.53 Å². The highest BCUT2D eigenvalue weighted by atomic mass is 16.5. The fraction of sp³-hybridized carbons (Fsp3) is 0.690. The van der Waals surface area contributed by atoms with Gasteiger partial charge in [-0.15, -0.1) is 0 Å². The van der Waals surface area contributed by atoms with Crippen molar-refractivity contribution < 1.29 is 23.7 Å². The highest BCUT2D eigenvalue weighted by molar-refractivity contribution is 5.88. The first kappa shape index (κ1) is 29.9. The first-order valence-corrected chi connectivity index (χ1v) is 13.6. The van der Waals surface area contributed by atoms with Crippen LogP contribution in [-0.4, -0.2) is 32.4 Å². The van der Waals surface area contributed by atoms with Gasteiger partial charge in [0.2, 0.25) is 0 Å². The maximum atomic E-state index is 12.0. The van der Waals surface area contributed by atoms with E-state index < -0.39 is 0 Å². The molecule has 5 heteroatoms. The molecule has 0 bridgehead atoms. The van der Waals surface area contributed by atoms with Crippen molar-refractivity contribution in [2.75, 3.05) is 26.4 Å². The van der Waals surface area contributed by atoms with Gasteiger partial charge in [-0.05, 0) is 32.3 Å². The second-order valence-corrected chi connectivity index (χ2v) is 8.65. The van der Waals surface area contributed by atoms with E-state index in [0.29, 0.717) is 37.9 Å². The minimum absolute atomic E-state index is 0.343. The van der Waals surface area contributed by atoms with Gasteiger partial charge in [0.15, 0.2) is 0 Å². The Morgan fingerprint density at radius 1 is 0.676 bits per heavy atom. The maximum Gasteiger partial charge on any atom is 0.330 e. The quantitative estimate of drug-likeness (QED) is 0.102. The summed E-state index contributed by atoms with van der Waals surface area (Å²) in [5.74, 6) is 1.75. The van der Waals surface area contributed by atoms with Gasteiger partial charge in [0.1, 0.15) is 17.2 Å². The molecule has 194 valence electrons. The molecule has 0 heterocycles. The number of unbranched alkanes of at least 4 members (excludes halogenated alkanes) is 9. The Morgan fingerprint density at radius 3 is 1.59 bits per heavy atom. The van der Waals surface area contributed by atoms with Gasteiger partial charge in [-0.3, -0.25) is 0 Å². The summed E-state index contributed by atoms with van der Waals surface area (Å²) in [6.45, 7) is 10.7. The molecule has 0 saturated carbocycles. The van der Waals surface area contributed by atoms with Gasteiger partial charge >= 0.3 is 5.97 Å². The van der Waals surface area contributed by atoms with Crippen LogP contribution in [0.15, 0.2) is 18.2 Å². The van der Waals surface area contributed by atoms with Crippen LogP contribution in [0.25, 0.3) is 6.08 Å². The Balaban J connectivity index is 3.07. The molecule has 34 heavy (non-hydrogen) atoms. The zero-order valence-corrected chi connectivity index (χ0v) is 22.2. The van der Waals surface area contributed by atoms with Gasteiger partial charge < -0.3 is 18.9 Å². The Hall–Kier alpha value is -2.17. The average Bonchev–Trinajstić information content (AvgIpc) is 2.83. The lowest BCUT2D eigenvalue weighted by Crippen LogP contribution is -2.05. The van der Waals surface area contributed by atoms with E-state index in [1.807, 2.05) is 12.1 Å². The molecule has 5 nitrogen and oxygen atoms in total. The van der Waals surface area contributed by atoms with Crippen molar-refractivity contribution in [1.82, 2.24) is 0 Å². The number of rotatable bonds is 21. The third-order valence-corrected chi connectivity index (χ3v) is 5.53. The topological polar surface area (TPSA) is 54.0 Å². The number of carbonyl (C=O) groups is 1. The zero-order valence-electron chi connectivity index (χ0n) is 22.2. The largest absolute Gasteiger partial charge is 0.493 e. The Kier molecular flexibility index (Phi) is 17.8. The summed E-state index contributed by atoms with van der Waals surface area (Å²) in [6.07, 6.45) is 16.8. The van der Waals surface area contributed by atoms with Crippen molar-refractivity contribution in [1.29, 1.82) is 0 Å². The standard InChI is InChI=1S/C29H48O5/c1-5-9-12-15-20-32-25-23-27(33-21-16-13-10-6-2)26(18-19-29(30)31-8-4)28(24-25)34-22-17-14-11-7-3/h18-19,23-24H,5-17,20-22H2,1-4H3. The third kappa shape index (κ3) is 13.5. The van der Waals surface area contributed by atoms with Crippen LogP contribution in [0, 0.1) is 0 Å². The van der Waals surface area contributed by atoms with E-state index in [2.05, 4.69) is 20.8 Å². The molecular formula is C29H48O5. The van der Waals surface area contributed by atoms with Crippen molar-refractivity contribution in [2.24, 2.45) is 0 Å². The first-order chi connectivity index (χ1) is 16.7.